The minimum atomic E-state index is -0.0545. The van der Waals surface area contributed by atoms with Crippen molar-refractivity contribution in [3.63, 3.8) is 0 Å². The second kappa shape index (κ2) is 6.21. The number of pyridine rings is 1. The maximum Gasteiger partial charge on any atom is 0.221 e. The van der Waals surface area contributed by atoms with Crippen molar-refractivity contribution in [1.29, 1.82) is 0 Å². The van der Waals surface area contributed by atoms with Gasteiger partial charge in [-0.25, -0.2) is 0 Å². The van der Waals surface area contributed by atoms with Crippen molar-refractivity contribution in [2.45, 2.75) is 37.1 Å². The van der Waals surface area contributed by atoms with Gasteiger partial charge in [-0.3, -0.25) is 9.78 Å². The van der Waals surface area contributed by atoms with Gasteiger partial charge in [-0.1, -0.05) is 0 Å². The van der Waals surface area contributed by atoms with Crippen molar-refractivity contribution in [2.24, 2.45) is 5.92 Å². The standard InChI is InChI=1S/C18H25N3O2/c22-17-11-16(15-1-6-19-7-2-15)18(20-17)4-8-21(9-5-18)12-14-3-10-23-13-14/h1-2,6-7,14,16H,3-5,8-13H2,(H,20,22). The smallest absolute Gasteiger partial charge is 0.221 e. The molecule has 5 nitrogen and oxygen atoms in total. The fraction of sp³-hybridized carbons (Fsp3) is 0.667. The molecule has 1 spiro atoms. The van der Waals surface area contributed by atoms with Gasteiger partial charge in [0, 0.05) is 56.5 Å². The van der Waals surface area contributed by atoms with Crippen LogP contribution in [-0.4, -0.2) is 54.2 Å². The number of nitrogens with zero attached hydrogens (tertiary/aromatic N) is 2. The molecule has 0 radical (unpaired) electrons. The molecule has 2 unspecified atom stereocenters. The van der Waals surface area contributed by atoms with Crippen LogP contribution in [0.5, 0.6) is 0 Å². The maximum absolute atomic E-state index is 12.1. The predicted octanol–water partition coefficient (Wildman–Crippen LogP) is 1.56. The number of hydrogen-bond donors (Lipinski definition) is 1. The lowest BCUT2D eigenvalue weighted by Gasteiger charge is -2.43. The lowest BCUT2D eigenvalue weighted by molar-refractivity contribution is -0.120. The van der Waals surface area contributed by atoms with Gasteiger partial charge in [0.2, 0.25) is 5.91 Å². The third kappa shape index (κ3) is 3.00. The molecule has 0 aliphatic carbocycles. The van der Waals surface area contributed by atoms with Crippen LogP contribution in [0.2, 0.25) is 0 Å². The average Bonchev–Trinajstić information content (AvgIpc) is 3.19. The molecule has 2 atom stereocenters. The van der Waals surface area contributed by atoms with Crippen LogP contribution in [0.3, 0.4) is 0 Å². The minimum absolute atomic E-state index is 0.0545. The number of piperidine rings is 1. The van der Waals surface area contributed by atoms with Gasteiger partial charge in [-0.2, -0.15) is 0 Å². The Balaban J connectivity index is 1.44. The molecule has 23 heavy (non-hydrogen) atoms. The number of nitrogens with one attached hydrogen (secondary N) is 1. The van der Waals surface area contributed by atoms with E-state index in [1.807, 2.05) is 12.4 Å². The van der Waals surface area contributed by atoms with Crippen molar-refractivity contribution in [1.82, 2.24) is 15.2 Å². The highest BCUT2D eigenvalue weighted by molar-refractivity contribution is 5.81. The van der Waals surface area contributed by atoms with E-state index in [9.17, 15) is 4.79 Å². The first-order valence-electron chi connectivity index (χ1n) is 8.76. The second-order valence-electron chi connectivity index (χ2n) is 7.27. The molecule has 3 fully saturated rings. The largest absolute Gasteiger partial charge is 0.381 e. The zero-order valence-electron chi connectivity index (χ0n) is 13.5. The second-order valence-corrected chi connectivity index (χ2v) is 7.27. The maximum atomic E-state index is 12.1. The van der Waals surface area contributed by atoms with Crippen molar-refractivity contribution in [2.75, 3.05) is 32.8 Å². The number of carbonyl (C=O) groups excluding carboxylic acids is 1. The fourth-order valence-corrected chi connectivity index (χ4v) is 4.53. The molecule has 124 valence electrons. The van der Waals surface area contributed by atoms with Gasteiger partial charge in [-0.05, 0) is 42.9 Å². The molecule has 3 aliphatic rings. The molecule has 0 saturated carbocycles. The van der Waals surface area contributed by atoms with E-state index < -0.39 is 0 Å². The lowest BCUT2D eigenvalue weighted by Crippen LogP contribution is -2.54. The first-order valence-corrected chi connectivity index (χ1v) is 8.76. The number of aromatic nitrogens is 1. The first kappa shape index (κ1) is 15.1. The molecule has 0 aromatic carbocycles. The van der Waals surface area contributed by atoms with E-state index >= 15 is 0 Å². The van der Waals surface area contributed by atoms with Crippen LogP contribution in [0, 0.1) is 5.92 Å². The Hall–Kier alpha value is -1.46. The molecule has 1 aromatic heterocycles. The normalized spacial score (nSPS) is 30.7. The minimum Gasteiger partial charge on any atom is -0.381 e. The van der Waals surface area contributed by atoms with Crippen molar-refractivity contribution >= 4 is 5.91 Å². The topological polar surface area (TPSA) is 54.5 Å². The molecular formula is C18H25N3O2. The van der Waals surface area contributed by atoms with Crippen LogP contribution >= 0.6 is 0 Å². The summed E-state index contributed by atoms with van der Waals surface area (Å²) >= 11 is 0. The Labute approximate surface area is 137 Å². The van der Waals surface area contributed by atoms with Crippen LogP contribution in [-0.2, 0) is 9.53 Å². The summed E-state index contributed by atoms with van der Waals surface area (Å²) < 4.78 is 5.49. The zero-order chi connectivity index (χ0) is 15.7. The first-order chi connectivity index (χ1) is 11.3. The van der Waals surface area contributed by atoms with Crippen LogP contribution < -0.4 is 5.32 Å². The summed E-state index contributed by atoms with van der Waals surface area (Å²) in [5.41, 5.74) is 1.19. The molecule has 4 rings (SSSR count). The van der Waals surface area contributed by atoms with Crippen molar-refractivity contribution < 1.29 is 9.53 Å². The summed E-state index contributed by atoms with van der Waals surface area (Å²) in [5, 5.41) is 3.32. The van der Waals surface area contributed by atoms with Gasteiger partial charge in [0.15, 0.2) is 0 Å². The number of amides is 1. The third-order valence-corrected chi connectivity index (χ3v) is 5.84. The Morgan fingerprint density at radius 1 is 1.30 bits per heavy atom. The highest BCUT2D eigenvalue weighted by Gasteiger charge is 2.48. The van der Waals surface area contributed by atoms with Crippen LogP contribution in [0.4, 0.5) is 0 Å². The molecule has 1 aromatic rings. The molecule has 5 heteroatoms. The summed E-state index contributed by atoms with van der Waals surface area (Å²) in [4.78, 5) is 18.8. The highest BCUT2D eigenvalue weighted by Crippen LogP contribution is 2.43. The molecule has 0 bridgehead atoms. The van der Waals surface area contributed by atoms with Crippen LogP contribution in [0.25, 0.3) is 0 Å². The summed E-state index contributed by atoms with van der Waals surface area (Å²) in [5.74, 6) is 1.18. The zero-order valence-corrected chi connectivity index (χ0v) is 13.5. The number of ether oxygens (including phenoxy) is 1. The fourth-order valence-electron chi connectivity index (χ4n) is 4.53. The monoisotopic (exact) mass is 315 g/mol. The number of hydrogen-bond acceptors (Lipinski definition) is 4. The van der Waals surface area contributed by atoms with Gasteiger partial charge >= 0.3 is 0 Å². The van der Waals surface area contributed by atoms with Crippen molar-refractivity contribution in [3.8, 4) is 0 Å². The highest BCUT2D eigenvalue weighted by atomic mass is 16.5. The molecule has 1 N–H and O–H groups in total. The van der Waals surface area contributed by atoms with Gasteiger partial charge in [0.1, 0.15) is 0 Å². The van der Waals surface area contributed by atoms with Gasteiger partial charge in [-0.15, -0.1) is 0 Å². The van der Waals surface area contributed by atoms with Crippen LogP contribution in [0.1, 0.15) is 37.2 Å². The predicted molar refractivity (Wildman–Crippen MR) is 87.1 cm³/mol. The Kier molecular flexibility index (Phi) is 4.07. The number of rotatable bonds is 3. The SMILES string of the molecule is O=C1CC(c2ccncc2)C2(CCN(CC3CCOC3)CC2)N1. The van der Waals surface area contributed by atoms with E-state index in [1.54, 1.807) is 0 Å². The summed E-state index contributed by atoms with van der Waals surface area (Å²) in [6, 6.07) is 4.13. The molecule has 3 saturated heterocycles. The Bertz CT molecular complexity index is 549. The summed E-state index contributed by atoms with van der Waals surface area (Å²) in [6.07, 6.45) is 7.55. The quantitative estimate of drug-likeness (QED) is 0.920. The number of carbonyl (C=O) groups is 1. The van der Waals surface area contributed by atoms with Gasteiger partial charge in [0.25, 0.3) is 0 Å². The van der Waals surface area contributed by atoms with Crippen LogP contribution in [0.15, 0.2) is 24.5 Å². The third-order valence-electron chi connectivity index (χ3n) is 5.84. The molecular weight excluding hydrogens is 290 g/mol. The van der Waals surface area contributed by atoms with E-state index in [0.717, 1.165) is 45.7 Å². The molecule has 4 heterocycles. The van der Waals surface area contributed by atoms with E-state index in [-0.39, 0.29) is 17.4 Å². The summed E-state index contributed by atoms with van der Waals surface area (Å²) in [7, 11) is 0. The molecule has 3 aliphatic heterocycles. The Morgan fingerprint density at radius 3 is 2.78 bits per heavy atom. The number of likely N-dealkylation sites (tertiary alicyclic amines) is 1. The molecule has 1 amide bonds. The summed E-state index contributed by atoms with van der Waals surface area (Å²) in [6.45, 7) is 5.11. The van der Waals surface area contributed by atoms with E-state index in [4.69, 9.17) is 4.74 Å². The van der Waals surface area contributed by atoms with E-state index in [0.29, 0.717) is 12.3 Å². The Morgan fingerprint density at radius 2 is 2.09 bits per heavy atom. The van der Waals surface area contributed by atoms with Gasteiger partial charge < -0.3 is 15.0 Å². The lowest BCUT2D eigenvalue weighted by atomic mass is 9.74. The van der Waals surface area contributed by atoms with E-state index in [1.165, 1.54) is 12.0 Å². The van der Waals surface area contributed by atoms with Crippen molar-refractivity contribution in [3.05, 3.63) is 30.1 Å². The van der Waals surface area contributed by atoms with E-state index in [2.05, 4.69) is 27.3 Å². The van der Waals surface area contributed by atoms with Gasteiger partial charge in [0.05, 0.1) is 6.61 Å². The average molecular weight is 315 g/mol.